The van der Waals surface area contributed by atoms with Gasteiger partial charge >= 0.3 is 17.9 Å². The van der Waals surface area contributed by atoms with Crippen molar-refractivity contribution in [2.45, 2.75) is 26.6 Å². The van der Waals surface area contributed by atoms with Crippen LogP contribution in [0, 0.1) is 0 Å². The molecule has 0 aromatic carbocycles. The maximum atomic E-state index is 11.5. The van der Waals surface area contributed by atoms with E-state index in [1.54, 1.807) is 6.92 Å². The highest BCUT2D eigenvalue weighted by Gasteiger charge is 2.38. The van der Waals surface area contributed by atoms with E-state index in [2.05, 4.69) is 4.74 Å². The van der Waals surface area contributed by atoms with Crippen molar-refractivity contribution in [3.8, 4) is 0 Å². The number of esters is 3. The van der Waals surface area contributed by atoms with Crippen molar-refractivity contribution in [2.75, 3.05) is 13.2 Å². The third kappa shape index (κ3) is 3.76. The smallest absolute Gasteiger partial charge is 0.350 e. The van der Waals surface area contributed by atoms with E-state index in [4.69, 9.17) is 10.9 Å². The van der Waals surface area contributed by atoms with E-state index in [0.717, 1.165) is 6.20 Å². The highest BCUT2D eigenvalue weighted by molar-refractivity contribution is 6.15. The molecule has 0 radical (unpaired) electrons. The number of ether oxygens (including phenoxy) is 3. The van der Waals surface area contributed by atoms with Crippen molar-refractivity contribution in [1.29, 1.82) is 0 Å². The van der Waals surface area contributed by atoms with Gasteiger partial charge in [-0.2, -0.15) is 0 Å². The lowest BCUT2D eigenvalue weighted by Crippen LogP contribution is -2.42. The van der Waals surface area contributed by atoms with E-state index >= 15 is 0 Å². The fraction of sp³-hybridized carbons (Fsp3) is 0.545. The molecule has 1 aliphatic rings. The highest BCUT2D eigenvalue weighted by atomic mass is 16.7. The standard InChI is InChI=1S/C11H15NO6/c1-4-16-8(13)6-12-5-7-9(14)17-11(2,3)18-10(7)15/h5,12H,4,6H2,1-3H3/i/hD. The molecule has 1 N–H and O–H groups in total. The van der Waals surface area contributed by atoms with Crippen LogP contribution in [0.3, 0.4) is 0 Å². The SMILES string of the molecule is [2H]N(C=C1C(=O)OC(C)(C)OC1=O)CC(=O)OCC. The van der Waals surface area contributed by atoms with Crippen LogP contribution in [0.15, 0.2) is 11.8 Å². The Kier molecular flexibility index (Phi) is 3.81. The minimum Gasteiger partial charge on any atom is -0.465 e. The van der Waals surface area contributed by atoms with Gasteiger partial charge < -0.3 is 19.5 Å². The van der Waals surface area contributed by atoms with Crippen LogP contribution in [0.25, 0.3) is 0 Å². The Morgan fingerprint density at radius 3 is 2.50 bits per heavy atom. The summed E-state index contributed by atoms with van der Waals surface area (Å²) in [5.74, 6) is -3.78. The largest absolute Gasteiger partial charge is 0.465 e. The summed E-state index contributed by atoms with van der Waals surface area (Å²) in [4.78, 5) is 34.2. The molecule has 1 heterocycles. The van der Waals surface area contributed by atoms with Gasteiger partial charge in [0, 0.05) is 20.0 Å². The topological polar surface area (TPSA) is 90.9 Å². The first-order valence-corrected chi connectivity index (χ1v) is 5.35. The Morgan fingerprint density at radius 1 is 1.44 bits per heavy atom. The second kappa shape index (κ2) is 5.52. The number of cyclic esters (lactones) is 2. The number of carbonyl (C=O) groups is 3. The van der Waals surface area contributed by atoms with Gasteiger partial charge in [-0.15, -0.1) is 0 Å². The molecule has 0 saturated carbocycles. The molecular formula is C11H15NO6. The number of carbonyl (C=O) groups excluding carboxylic acids is 3. The van der Waals surface area contributed by atoms with Gasteiger partial charge in [0.05, 0.1) is 6.61 Å². The lowest BCUT2D eigenvalue weighted by molar-refractivity contribution is -0.222. The van der Waals surface area contributed by atoms with Crippen molar-refractivity contribution in [3.05, 3.63) is 11.8 Å². The molecule has 1 fully saturated rings. The highest BCUT2D eigenvalue weighted by Crippen LogP contribution is 2.21. The summed E-state index contributed by atoms with van der Waals surface area (Å²) in [6.07, 6.45) is 0.872. The first kappa shape index (κ1) is 12.4. The fourth-order valence-electron chi connectivity index (χ4n) is 1.18. The zero-order valence-electron chi connectivity index (χ0n) is 11.4. The molecule has 0 unspecified atom stereocenters. The van der Waals surface area contributed by atoms with Crippen molar-refractivity contribution < 1.29 is 30.0 Å². The third-order valence-electron chi connectivity index (χ3n) is 1.86. The van der Waals surface area contributed by atoms with Gasteiger partial charge in [0.15, 0.2) is 6.98 Å². The van der Waals surface area contributed by atoms with E-state index in [1.165, 1.54) is 13.8 Å². The van der Waals surface area contributed by atoms with Crippen LogP contribution in [0.4, 0.5) is 0 Å². The predicted molar refractivity (Wildman–Crippen MR) is 59.0 cm³/mol. The Hall–Kier alpha value is -2.05. The van der Waals surface area contributed by atoms with E-state index in [0.29, 0.717) is 5.31 Å². The van der Waals surface area contributed by atoms with Crippen LogP contribution < -0.4 is 5.31 Å². The summed E-state index contributed by atoms with van der Waals surface area (Å²) in [5.41, 5.74) is -0.446. The molecule has 100 valence electrons. The molecule has 18 heavy (non-hydrogen) atoms. The van der Waals surface area contributed by atoms with Gasteiger partial charge in [-0.3, -0.25) is 4.79 Å². The minimum atomic E-state index is -1.33. The lowest BCUT2D eigenvalue weighted by Gasteiger charge is -2.29. The third-order valence-corrected chi connectivity index (χ3v) is 1.86. The second-order valence-corrected chi connectivity index (χ2v) is 3.87. The summed E-state index contributed by atoms with van der Waals surface area (Å²) < 4.78 is 21.7. The minimum absolute atomic E-state index is 0.182. The summed E-state index contributed by atoms with van der Waals surface area (Å²) >= 11 is 0. The van der Waals surface area contributed by atoms with E-state index < -0.39 is 35.8 Å². The maximum absolute atomic E-state index is 11.5. The molecule has 1 rings (SSSR count). The molecule has 1 saturated heterocycles. The lowest BCUT2D eigenvalue weighted by atomic mass is 10.2. The normalized spacial score (nSPS) is 18.4. The Bertz CT molecular complexity index is 409. The predicted octanol–water partition coefficient (Wildman–Crippen LogP) is -0.141. The summed E-state index contributed by atoms with van der Waals surface area (Å²) in [6, 6.07) is 0. The molecule has 0 aromatic rings. The molecule has 1 aliphatic heterocycles. The molecular weight excluding hydrogens is 242 g/mol. The van der Waals surface area contributed by atoms with Crippen LogP contribution in [0.5, 0.6) is 0 Å². The number of hydrogen-bond acceptors (Lipinski definition) is 7. The average Bonchev–Trinajstić information content (AvgIpc) is 2.22. The summed E-state index contributed by atoms with van der Waals surface area (Å²) in [5, 5.41) is 0.605. The van der Waals surface area contributed by atoms with E-state index in [9.17, 15) is 14.4 Å². The van der Waals surface area contributed by atoms with Gasteiger partial charge in [0.1, 0.15) is 6.54 Å². The zero-order chi connectivity index (χ0) is 14.6. The Morgan fingerprint density at radius 2 is 2.00 bits per heavy atom. The monoisotopic (exact) mass is 258 g/mol. The van der Waals surface area contributed by atoms with Crippen LogP contribution >= 0.6 is 0 Å². The molecule has 0 spiro atoms. The number of hydrogen-bond donors (Lipinski definition) is 1. The van der Waals surface area contributed by atoms with Gasteiger partial charge in [0.25, 0.3) is 5.79 Å². The summed E-state index contributed by atoms with van der Waals surface area (Å²) in [6.45, 7) is 4.22. The van der Waals surface area contributed by atoms with Crippen molar-refractivity contribution in [1.82, 2.24) is 5.31 Å². The Balaban J connectivity index is 2.73. The van der Waals surface area contributed by atoms with Crippen LogP contribution in [-0.4, -0.2) is 36.8 Å². The molecule has 0 aliphatic carbocycles. The van der Waals surface area contributed by atoms with Crippen molar-refractivity contribution in [3.63, 3.8) is 0 Å². The molecule has 0 amide bonds. The van der Waals surface area contributed by atoms with Crippen LogP contribution in [0.1, 0.15) is 20.8 Å². The average molecular weight is 258 g/mol. The molecule has 0 atom stereocenters. The van der Waals surface area contributed by atoms with Gasteiger partial charge in [0.2, 0.25) is 0 Å². The second-order valence-electron chi connectivity index (χ2n) is 3.87. The molecule has 7 nitrogen and oxygen atoms in total. The van der Waals surface area contributed by atoms with Gasteiger partial charge in [-0.05, 0) is 6.92 Å². The van der Waals surface area contributed by atoms with E-state index in [-0.39, 0.29) is 6.61 Å². The van der Waals surface area contributed by atoms with Crippen LogP contribution in [-0.2, 0) is 28.6 Å². The first-order valence-electron chi connectivity index (χ1n) is 5.79. The summed E-state index contributed by atoms with van der Waals surface area (Å²) in [7, 11) is 0. The van der Waals surface area contributed by atoms with Crippen molar-refractivity contribution in [2.24, 2.45) is 0 Å². The number of rotatable bonds is 4. The van der Waals surface area contributed by atoms with Crippen LogP contribution in [0.2, 0.25) is 1.41 Å². The zero-order valence-corrected chi connectivity index (χ0v) is 10.4. The Labute approximate surface area is 106 Å². The van der Waals surface area contributed by atoms with Crippen molar-refractivity contribution >= 4 is 17.9 Å². The first-order chi connectivity index (χ1) is 8.75. The maximum Gasteiger partial charge on any atom is 0.350 e. The molecule has 0 bridgehead atoms. The fourth-order valence-corrected chi connectivity index (χ4v) is 1.18. The molecule has 0 aromatic heterocycles. The quantitative estimate of drug-likeness (QED) is 0.426. The molecule has 7 heteroatoms. The van der Waals surface area contributed by atoms with Gasteiger partial charge in [-0.1, -0.05) is 0 Å². The van der Waals surface area contributed by atoms with E-state index in [1.807, 2.05) is 0 Å². The van der Waals surface area contributed by atoms with Gasteiger partial charge in [-0.25, -0.2) is 9.59 Å². The number of nitrogens with one attached hydrogen (secondary N) is 1.